The summed E-state index contributed by atoms with van der Waals surface area (Å²) in [6, 6.07) is 1.41. The fraction of sp³-hybridized carbons (Fsp3) is 0.455. The van der Waals surface area contributed by atoms with Gasteiger partial charge in [-0.2, -0.15) is 4.39 Å². The van der Waals surface area contributed by atoms with Crippen molar-refractivity contribution in [3.05, 3.63) is 28.2 Å². The van der Waals surface area contributed by atoms with E-state index in [-0.39, 0.29) is 23.6 Å². The Morgan fingerprint density at radius 3 is 3.11 bits per heavy atom. The second kappa shape index (κ2) is 3.88. The molecule has 3 unspecified atom stereocenters. The molecule has 18 heavy (non-hydrogen) atoms. The minimum Gasteiger partial charge on any atom is -0.462 e. The van der Waals surface area contributed by atoms with Crippen molar-refractivity contribution in [2.45, 2.75) is 18.1 Å². The summed E-state index contributed by atoms with van der Waals surface area (Å²) in [5.41, 5.74) is 4.36. The smallest absolute Gasteiger partial charge is 0.283 e. The molecule has 1 fully saturated rings. The van der Waals surface area contributed by atoms with Crippen LogP contribution < -0.4 is 5.73 Å². The second-order valence-corrected chi connectivity index (χ2v) is 5.41. The summed E-state index contributed by atoms with van der Waals surface area (Å²) >= 11 is 3.20. The Balaban J connectivity index is 2.16. The summed E-state index contributed by atoms with van der Waals surface area (Å²) in [6.45, 7) is -0.826. The predicted octanol–water partition coefficient (Wildman–Crippen LogP) is 1.88. The molecule has 0 radical (unpaired) electrons. The van der Waals surface area contributed by atoms with Crippen molar-refractivity contribution in [1.29, 1.82) is 0 Å². The molecular weight excluding hydrogens is 308 g/mol. The number of aliphatic imine (C=N–C) groups is 1. The molecular formula is C11H10BrF2N3O. The first-order valence-electron chi connectivity index (χ1n) is 5.46. The first kappa shape index (κ1) is 11.8. The number of pyridine rings is 1. The van der Waals surface area contributed by atoms with Gasteiger partial charge in [-0.1, -0.05) is 0 Å². The third kappa shape index (κ3) is 1.60. The highest BCUT2D eigenvalue weighted by Crippen LogP contribution is 2.53. The molecule has 2 N–H and O–H groups in total. The van der Waals surface area contributed by atoms with Crippen molar-refractivity contribution in [2.24, 2.45) is 16.6 Å². The zero-order valence-electron chi connectivity index (χ0n) is 9.24. The van der Waals surface area contributed by atoms with Gasteiger partial charge < -0.3 is 10.5 Å². The summed E-state index contributed by atoms with van der Waals surface area (Å²) in [4.78, 5) is 7.62. The zero-order valence-corrected chi connectivity index (χ0v) is 10.8. The molecule has 0 bridgehead atoms. The monoisotopic (exact) mass is 317 g/mol. The van der Waals surface area contributed by atoms with E-state index in [0.717, 1.165) is 0 Å². The number of nitrogens with zero attached hydrogens (tertiary/aromatic N) is 2. The number of hydrogen-bond donors (Lipinski definition) is 1. The molecule has 96 valence electrons. The third-order valence-corrected chi connectivity index (χ3v) is 3.84. The summed E-state index contributed by atoms with van der Waals surface area (Å²) in [7, 11) is 0. The lowest BCUT2D eigenvalue weighted by molar-refractivity contribution is 0.167. The van der Waals surface area contributed by atoms with E-state index >= 15 is 0 Å². The lowest BCUT2D eigenvalue weighted by Gasteiger charge is -2.30. The van der Waals surface area contributed by atoms with E-state index in [1.807, 2.05) is 0 Å². The van der Waals surface area contributed by atoms with Gasteiger partial charge in [0.05, 0.1) is 0 Å². The molecule has 2 aliphatic rings. The van der Waals surface area contributed by atoms with E-state index < -0.39 is 18.2 Å². The van der Waals surface area contributed by atoms with Crippen molar-refractivity contribution in [3.63, 3.8) is 0 Å². The standard InChI is InChI=1S/C11H10BrF2N3O/c12-5-1-7(9(14)16-3-5)11(4-13)6-2-8(6)18-10(15)17-11/h1,3,6,8H,2,4H2,(H2,15,17). The third-order valence-electron chi connectivity index (χ3n) is 3.40. The van der Waals surface area contributed by atoms with Gasteiger partial charge in [-0.25, -0.2) is 14.4 Å². The van der Waals surface area contributed by atoms with Crippen LogP contribution in [0.15, 0.2) is 21.7 Å². The number of nitrogens with two attached hydrogens (primary N) is 1. The minimum atomic E-state index is -1.30. The average Bonchev–Trinajstić information content (AvgIpc) is 3.10. The number of ether oxygens (including phenoxy) is 1. The lowest BCUT2D eigenvalue weighted by atomic mass is 9.87. The van der Waals surface area contributed by atoms with Gasteiger partial charge in [-0.15, -0.1) is 0 Å². The van der Waals surface area contributed by atoms with Crippen LogP contribution in [-0.4, -0.2) is 23.8 Å². The number of amidine groups is 1. The number of alkyl halides is 1. The number of aromatic nitrogens is 1. The molecule has 3 atom stereocenters. The van der Waals surface area contributed by atoms with Gasteiger partial charge in [0.1, 0.15) is 18.3 Å². The summed E-state index contributed by atoms with van der Waals surface area (Å²) in [5, 5.41) is 0. The summed E-state index contributed by atoms with van der Waals surface area (Å²) in [6.07, 6.45) is 1.78. The van der Waals surface area contributed by atoms with E-state index in [4.69, 9.17) is 10.5 Å². The molecule has 1 aliphatic carbocycles. The van der Waals surface area contributed by atoms with E-state index in [0.29, 0.717) is 10.9 Å². The van der Waals surface area contributed by atoms with Crippen molar-refractivity contribution < 1.29 is 13.5 Å². The highest BCUT2D eigenvalue weighted by atomic mass is 79.9. The van der Waals surface area contributed by atoms with Crippen molar-refractivity contribution in [1.82, 2.24) is 4.98 Å². The van der Waals surface area contributed by atoms with E-state index in [1.54, 1.807) is 0 Å². The summed E-state index contributed by atoms with van der Waals surface area (Å²) < 4.78 is 33.2. The number of rotatable bonds is 2. The van der Waals surface area contributed by atoms with E-state index in [9.17, 15) is 8.78 Å². The maximum absolute atomic E-state index is 13.9. The minimum absolute atomic E-state index is 0.0919. The van der Waals surface area contributed by atoms with Gasteiger partial charge >= 0.3 is 0 Å². The van der Waals surface area contributed by atoms with Gasteiger partial charge in [-0.3, -0.25) is 0 Å². The number of halogens is 3. The number of fused-ring (bicyclic) bond motifs is 1. The lowest BCUT2D eigenvalue weighted by Crippen LogP contribution is -2.40. The molecule has 0 spiro atoms. The molecule has 1 aromatic rings. The Morgan fingerprint density at radius 2 is 2.39 bits per heavy atom. The normalized spacial score (nSPS) is 33.4. The average molecular weight is 318 g/mol. The zero-order chi connectivity index (χ0) is 12.9. The molecule has 1 aliphatic heterocycles. The van der Waals surface area contributed by atoms with Crippen LogP contribution in [0.3, 0.4) is 0 Å². The van der Waals surface area contributed by atoms with Crippen molar-refractivity contribution >= 4 is 22.0 Å². The fourth-order valence-corrected chi connectivity index (χ4v) is 2.78. The molecule has 1 aromatic heterocycles. The fourth-order valence-electron chi connectivity index (χ4n) is 2.45. The van der Waals surface area contributed by atoms with E-state index in [1.165, 1.54) is 12.3 Å². The van der Waals surface area contributed by atoms with Crippen LogP contribution in [-0.2, 0) is 10.3 Å². The molecule has 1 saturated carbocycles. The van der Waals surface area contributed by atoms with Crippen LogP contribution >= 0.6 is 15.9 Å². The molecule has 7 heteroatoms. The van der Waals surface area contributed by atoms with Crippen LogP contribution in [0.25, 0.3) is 0 Å². The van der Waals surface area contributed by atoms with Gasteiger partial charge in [0, 0.05) is 22.2 Å². The highest BCUT2D eigenvalue weighted by molar-refractivity contribution is 9.10. The highest BCUT2D eigenvalue weighted by Gasteiger charge is 2.60. The first-order chi connectivity index (χ1) is 8.56. The molecule has 0 saturated heterocycles. The topological polar surface area (TPSA) is 60.5 Å². The van der Waals surface area contributed by atoms with Crippen LogP contribution in [0.2, 0.25) is 0 Å². The first-order valence-corrected chi connectivity index (χ1v) is 6.25. The Labute approximate surface area is 110 Å². The molecule has 0 aromatic carbocycles. The quantitative estimate of drug-likeness (QED) is 0.847. The maximum atomic E-state index is 13.9. The Bertz CT molecular complexity index is 539. The van der Waals surface area contributed by atoms with Crippen molar-refractivity contribution in [3.8, 4) is 0 Å². The van der Waals surface area contributed by atoms with Gasteiger partial charge in [0.2, 0.25) is 5.95 Å². The van der Waals surface area contributed by atoms with Crippen LogP contribution in [0, 0.1) is 11.9 Å². The van der Waals surface area contributed by atoms with Gasteiger partial charge in [0.25, 0.3) is 6.02 Å². The number of hydrogen-bond acceptors (Lipinski definition) is 4. The maximum Gasteiger partial charge on any atom is 0.283 e. The Morgan fingerprint density at radius 1 is 1.61 bits per heavy atom. The van der Waals surface area contributed by atoms with Gasteiger partial charge in [-0.05, 0) is 28.4 Å². The van der Waals surface area contributed by atoms with Crippen LogP contribution in [0.5, 0.6) is 0 Å². The molecule has 0 amide bonds. The Hall–Kier alpha value is -1.24. The molecule has 3 rings (SSSR count). The largest absolute Gasteiger partial charge is 0.462 e. The molecule has 4 nitrogen and oxygen atoms in total. The van der Waals surface area contributed by atoms with Gasteiger partial charge in [0.15, 0.2) is 0 Å². The van der Waals surface area contributed by atoms with Crippen LogP contribution in [0.4, 0.5) is 8.78 Å². The summed E-state index contributed by atoms with van der Waals surface area (Å²) in [5.74, 6) is -0.902. The second-order valence-electron chi connectivity index (χ2n) is 4.50. The van der Waals surface area contributed by atoms with Crippen molar-refractivity contribution in [2.75, 3.05) is 6.67 Å². The predicted molar refractivity (Wildman–Crippen MR) is 64.2 cm³/mol. The Kier molecular flexibility index (Phi) is 2.55. The van der Waals surface area contributed by atoms with Crippen LogP contribution in [0.1, 0.15) is 12.0 Å². The SMILES string of the molecule is NC1=NC(CF)(c2cc(Br)cnc2F)C2CC2O1. The molecule has 2 heterocycles. The van der Waals surface area contributed by atoms with E-state index in [2.05, 4.69) is 25.9 Å².